The third-order valence-electron chi connectivity index (χ3n) is 2.77. The number of aryl methyl sites for hydroxylation is 1. The molecule has 1 heterocycles. The molecule has 106 valence electrons. The Morgan fingerprint density at radius 1 is 1.35 bits per heavy atom. The maximum absolute atomic E-state index is 11.4. The van der Waals surface area contributed by atoms with E-state index < -0.39 is 0 Å². The second-order valence-electron chi connectivity index (χ2n) is 4.28. The van der Waals surface area contributed by atoms with Gasteiger partial charge in [0.25, 0.3) is 5.91 Å². The van der Waals surface area contributed by atoms with Crippen molar-refractivity contribution in [2.45, 2.75) is 20.1 Å². The molecule has 1 amide bonds. The molecule has 0 aliphatic rings. The first-order valence-corrected chi connectivity index (χ1v) is 6.82. The predicted molar refractivity (Wildman–Crippen MR) is 77.7 cm³/mol. The van der Waals surface area contributed by atoms with Gasteiger partial charge in [-0.3, -0.25) is 10.2 Å². The molecule has 3 N–H and O–H groups in total. The van der Waals surface area contributed by atoms with Gasteiger partial charge < -0.3 is 9.15 Å². The Hall–Kier alpha value is -1.63. The zero-order chi connectivity index (χ0) is 14.5. The van der Waals surface area contributed by atoms with Crippen LogP contribution in [-0.4, -0.2) is 5.91 Å². The Labute approximate surface area is 125 Å². The number of hydrogen-bond donors (Lipinski definition) is 2. The summed E-state index contributed by atoms with van der Waals surface area (Å²) in [5.41, 5.74) is 3.57. The number of nitrogen functional groups attached to an aromatic ring is 1. The highest BCUT2D eigenvalue weighted by molar-refractivity contribution is 9.10. The van der Waals surface area contributed by atoms with E-state index in [1.807, 2.05) is 24.3 Å². The zero-order valence-corrected chi connectivity index (χ0v) is 12.6. The number of amides is 1. The number of carbonyl (C=O) groups excluding carboxylic acids is 1. The van der Waals surface area contributed by atoms with E-state index in [1.165, 1.54) is 0 Å². The predicted octanol–water partition coefficient (Wildman–Crippen LogP) is 2.67. The summed E-state index contributed by atoms with van der Waals surface area (Å²) in [6.45, 7) is 2.49. The third kappa shape index (κ3) is 3.69. The number of furan rings is 1. The molecule has 20 heavy (non-hydrogen) atoms. The summed E-state index contributed by atoms with van der Waals surface area (Å²) in [6.07, 6.45) is 0. The van der Waals surface area contributed by atoms with Crippen LogP contribution < -0.4 is 11.3 Å². The number of hydrazine groups is 1. The number of hydrogen-bond acceptors (Lipinski definition) is 4. The van der Waals surface area contributed by atoms with Crippen molar-refractivity contribution in [3.8, 4) is 0 Å². The highest BCUT2D eigenvalue weighted by atomic mass is 79.9. The van der Waals surface area contributed by atoms with Gasteiger partial charge in [-0.2, -0.15) is 0 Å². The van der Waals surface area contributed by atoms with E-state index in [0.29, 0.717) is 30.3 Å². The molecule has 0 aliphatic carbocycles. The van der Waals surface area contributed by atoms with Gasteiger partial charge in [-0.05, 0) is 30.7 Å². The Morgan fingerprint density at radius 2 is 2.05 bits per heavy atom. The summed E-state index contributed by atoms with van der Waals surface area (Å²) in [6, 6.07) is 9.51. The zero-order valence-electron chi connectivity index (χ0n) is 11.0. The Morgan fingerprint density at radius 3 is 2.70 bits per heavy atom. The smallest absolute Gasteiger partial charge is 0.268 e. The molecule has 0 atom stereocenters. The lowest BCUT2D eigenvalue weighted by molar-refractivity contribution is 0.0923. The Balaban J connectivity index is 1.91. The van der Waals surface area contributed by atoms with Gasteiger partial charge in [0.1, 0.15) is 18.1 Å². The van der Waals surface area contributed by atoms with Gasteiger partial charge in [0, 0.05) is 4.47 Å². The van der Waals surface area contributed by atoms with Crippen molar-refractivity contribution in [1.29, 1.82) is 0 Å². The first kappa shape index (κ1) is 14.8. The molecule has 0 bridgehead atoms. The molecule has 6 heteroatoms. The van der Waals surface area contributed by atoms with Crippen LogP contribution in [0.25, 0.3) is 0 Å². The van der Waals surface area contributed by atoms with E-state index in [1.54, 1.807) is 13.0 Å². The van der Waals surface area contributed by atoms with Gasteiger partial charge >= 0.3 is 0 Å². The average Bonchev–Trinajstić information content (AvgIpc) is 2.81. The SMILES string of the molecule is Cc1oc(COCc2ccc(Br)cc2)cc1C(=O)NN. The van der Waals surface area contributed by atoms with Gasteiger partial charge in [-0.1, -0.05) is 28.1 Å². The third-order valence-corrected chi connectivity index (χ3v) is 3.30. The number of nitrogens with one attached hydrogen (secondary N) is 1. The largest absolute Gasteiger partial charge is 0.463 e. The van der Waals surface area contributed by atoms with Gasteiger partial charge in [0.15, 0.2) is 0 Å². The first-order valence-electron chi connectivity index (χ1n) is 6.02. The van der Waals surface area contributed by atoms with Crippen LogP contribution in [0.2, 0.25) is 0 Å². The molecule has 5 nitrogen and oxygen atoms in total. The van der Waals surface area contributed by atoms with Crippen molar-refractivity contribution in [3.63, 3.8) is 0 Å². The standard InChI is InChI=1S/C14H15BrN2O3/c1-9-13(14(18)17-16)6-12(20-9)8-19-7-10-2-4-11(15)5-3-10/h2-6H,7-8,16H2,1H3,(H,17,18). The molecular formula is C14H15BrN2O3. The molecular weight excluding hydrogens is 324 g/mol. The maximum atomic E-state index is 11.4. The summed E-state index contributed by atoms with van der Waals surface area (Å²) >= 11 is 3.38. The molecule has 0 aliphatic heterocycles. The lowest BCUT2D eigenvalue weighted by Gasteiger charge is -2.02. The van der Waals surface area contributed by atoms with Crippen LogP contribution in [0.3, 0.4) is 0 Å². The number of benzene rings is 1. The second kappa shape index (κ2) is 6.69. The number of ether oxygens (including phenoxy) is 1. The first-order chi connectivity index (χ1) is 9.60. The molecule has 0 fully saturated rings. The Kier molecular flexibility index (Phi) is 4.94. The molecule has 1 aromatic carbocycles. The molecule has 1 aromatic heterocycles. The summed E-state index contributed by atoms with van der Waals surface area (Å²) < 4.78 is 12.0. The van der Waals surface area contributed by atoms with Gasteiger partial charge in [-0.15, -0.1) is 0 Å². The monoisotopic (exact) mass is 338 g/mol. The van der Waals surface area contributed by atoms with Crippen molar-refractivity contribution in [3.05, 3.63) is 57.5 Å². The number of nitrogens with two attached hydrogens (primary N) is 1. The lowest BCUT2D eigenvalue weighted by atomic mass is 10.2. The Bertz CT molecular complexity index is 593. The fourth-order valence-electron chi connectivity index (χ4n) is 1.77. The number of halogens is 1. The molecule has 0 saturated heterocycles. The van der Waals surface area contributed by atoms with Crippen LogP contribution >= 0.6 is 15.9 Å². The molecule has 0 radical (unpaired) electrons. The van der Waals surface area contributed by atoms with Gasteiger partial charge in [0.2, 0.25) is 0 Å². The van der Waals surface area contributed by atoms with Crippen LogP contribution in [0, 0.1) is 6.92 Å². The van der Waals surface area contributed by atoms with Crippen LogP contribution in [0.1, 0.15) is 27.4 Å². The van der Waals surface area contributed by atoms with Crippen molar-refractivity contribution < 1.29 is 13.9 Å². The molecule has 2 aromatic rings. The van der Waals surface area contributed by atoms with E-state index >= 15 is 0 Å². The number of rotatable bonds is 5. The summed E-state index contributed by atoms with van der Waals surface area (Å²) in [4.78, 5) is 11.4. The minimum Gasteiger partial charge on any atom is -0.463 e. The minimum absolute atomic E-state index is 0.300. The topological polar surface area (TPSA) is 77.5 Å². The molecule has 0 saturated carbocycles. The minimum atomic E-state index is -0.370. The van der Waals surface area contributed by atoms with Crippen molar-refractivity contribution in [2.75, 3.05) is 0 Å². The van der Waals surface area contributed by atoms with Gasteiger partial charge in [-0.25, -0.2) is 5.84 Å². The number of carbonyl (C=O) groups is 1. The lowest BCUT2D eigenvalue weighted by Crippen LogP contribution is -2.30. The van der Waals surface area contributed by atoms with E-state index in [0.717, 1.165) is 10.0 Å². The van der Waals surface area contributed by atoms with E-state index in [-0.39, 0.29) is 5.91 Å². The maximum Gasteiger partial charge on any atom is 0.268 e. The van der Waals surface area contributed by atoms with Crippen LogP contribution in [-0.2, 0) is 18.0 Å². The highest BCUT2D eigenvalue weighted by Crippen LogP contribution is 2.16. The molecule has 2 rings (SSSR count). The normalized spacial score (nSPS) is 10.6. The van der Waals surface area contributed by atoms with E-state index in [2.05, 4.69) is 21.4 Å². The summed E-state index contributed by atoms with van der Waals surface area (Å²) in [5.74, 6) is 5.84. The average molecular weight is 339 g/mol. The van der Waals surface area contributed by atoms with E-state index in [4.69, 9.17) is 15.0 Å². The molecule has 0 spiro atoms. The fraction of sp³-hybridized carbons (Fsp3) is 0.214. The highest BCUT2D eigenvalue weighted by Gasteiger charge is 2.13. The van der Waals surface area contributed by atoms with E-state index in [9.17, 15) is 4.79 Å². The fourth-order valence-corrected chi connectivity index (χ4v) is 2.03. The molecule has 0 unspecified atom stereocenters. The van der Waals surface area contributed by atoms with Crippen molar-refractivity contribution in [2.24, 2.45) is 5.84 Å². The summed E-state index contributed by atoms with van der Waals surface area (Å²) in [5, 5.41) is 0. The quantitative estimate of drug-likeness (QED) is 0.499. The van der Waals surface area contributed by atoms with Crippen molar-refractivity contribution >= 4 is 21.8 Å². The van der Waals surface area contributed by atoms with Crippen LogP contribution in [0.4, 0.5) is 0 Å². The van der Waals surface area contributed by atoms with Crippen molar-refractivity contribution in [1.82, 2.24) is 5.43 Å². The second-order valence-corrected chi connectivity index (χ2v) is 5.19. The summed E-state index contributed by atoms with van der Waals surface area (Å²) in [7, 11) is 0. The van der Waals surface area contributed by atoms with Crippen LogP contribution in [0.15, 0.2) is 39.2 Å². The van der Waals surface area contributed by atoms with Crippen LogP contribution in [0.5, 0.6) is 0 Å². The van der Waals surface area contributed by atoms with Gasteiger partial charge in [0.05, 0.1) is 12.2 Å².